The second kappa shape index (κ2) is 7.28. The molecule has 0 radical (unpaired) electrons. The highest BCUT2D eigenvalue weighted by Gasteiger charge is 2.10. The van der Waals surface area contributed by atoms with Crippen molar-refractivity contribution in [3.8, 4) is 0 Å². The molecule has 0 spiro atoms. The summed E-state index contributed by atoms with van der Waals surface area (Å²) in [5, 5.41) is 2.74. The summed E-state index contributed by atoms with van der Waals surface area (Å²) in [6.45, 7) is 1.96. The van der Waals surface area contributed by atoms with Crippen molar-refractivity contribution in [2.45, 2.75) is 19.4 Å². The van der Waals surface area contributed by atoms with E-state index in [1.807, 2.05) is 61.6 Å². The minimum atomic E-state index is -0.502. The lowest BCUT2D eigenvalue weighted by molar-refractivity contribution is 0.245. The van der Waals surface area contributed by atoms with Gasteiger partial charge in [-0.15, -0.1) is 0 Å². The fourth-order valence-electron chi connectivity index (χ4n) is 1.54. The van der Waals surface area contributed by atoms with E-state index in [9.17, 15) is 4.79 Å². The molecule has 0 fully saturated rings. The Bertz CT molecular complexity index is 396. The molecular weight excluding hydrogens is 212 g/mol. The van der Waals surface area contributed by atoms with Gasteiger partial charge in [-0.2, -0.15) is 0 Å². The molecule has 0 aromatic heterocycles. The van der Waals surface area contributed by atoms with Gasteiger partial charge in [0.25, 0.3) is 0 Å². The third kappa shape index (κ3) is 5.02. The molecule has 0 saturated heterocycles. The van der Waals surface area contributed by atoms with Gasteiger partial charge in [-0.05, 0) is 18.9 Å². The molecule has 0 saturated carbocycles. The Hall–Kier alpha value is -2.03. The van der Waals surface area contributed by atoms with Crippen LogP contribution in [0, 0.1) is 0 Å². The van der Waals surface area contributed by atoms with E-state index in [-0.39, 0.29) is 6.04 Å². The maximum atomic E-state index is 10.9. The molecule has 3 N–H and O–H groups in total. The van der Waals surface area contributed by atoms with Crippen LogP contribution >= 0.6 is 0 Å². The Morgan fingerprint density at radius 1 is 1.35 bits per heavy atom. The average Bonchev–Trinajstić information content (AvgIpc) is 2.34. The zero-order valence-corrected chi connectivity index (χ0v) is 9.97. The second-order valence-corrected chi connectivity index (χ2v) is 3.66. The third-order valence-corrected chi connectivity index (χ3v) is 2.33. The van der Waals surface area contributed by atoms with Gasteiger partial charge in [-0.25, -0.2) is 4.79 Å². The van der Waals surface area contributed by atoms with E-state index in [0.717, 1.165) is 12.0 Å². The van der Waals surface area contributed by atoms with Crippen molar-refractivity contribution in [1.82, 2.24) is 5.32 Å². The van der Waals surface area contributed by atoms with Crippen molar-refractivity contribution < 1.29 is 4.79 Å². The molecule has 1 atom stereocenters. The lowest BCUT2D eigenvalue weighted by Crippen LogP contribution is -2.32. The summed E-state index contributed by atoms with van der Waals surface area (Å²) >= 11 is 0. The molecule has 1 unspecified atom stereocenters. The fraction of sp³-hybridized carbons (Fsp3) is 0.214. The van der Waals surface area contributed by atoms with Crippen LogP contribution in [0.15, 0.2) is 54.6 Å². The number of allylic oxidation sites excluding steroid dienone is 3. The number of amides is 2. The minimum absolute atomic E-state index is 0.0739. The largest absolute Gasteiger partial charge is 0.352 e. The van der Waals surface area contributed by atoms with Gasteiger partial charge in [0.2, 0.25) is 0 Å². The third-order valence-electron chi connectivity index (χ3n) is 2.33. The number of rotatable bonds is 5. The van der Waals surface area contributed by atoms with E-state index >= 15 is 0 Å². The van der Waals surface area contributed by atoms with E-state index in [1.165, 1.54) is 0 Å². The number of nitrogens with two attached hydrogens (primary N) is 1. The Kier molecular flexibility index (Phi) is 5.58. The predicted octanol–water partition coefficient (Wildman–Crippen LogP) is 2.92. The lowest BCUT2D eigenvalue weighted by atomic mass is 10.0. The Labute approximate surface area is 102 Å². The number of benzene rings is 1. The smallest absolute Gasteiger partial charge is 0.312 e. The van der Waals surface area contributed by atoms with Crippen molar-refractivity contribution in [2.75, 3.05) is 0 Å². The summed E-state index contributed by atoms with van der Waals surface area (Å²) < 4.78 is 0. The molecule has 0 aliphatic carbocycles. The van der Waals surface area contributed by atoms with Gasteiger partial charge in [0, 0.05) is 0 Å². The summed E-state index contributed by atoms with van der Waals surface area (Å²) in [4.78, 5) is 10.9. The summed E-state index contributed by atoms with van der Waals surface area (Å²) in [5.74, 6) is 0. The second-order valence-electron chi connectivity index (χ2n) is 3.66. The van der Waals surface area contributed by atoms with Gasteiger partial charge in [0.05, 0.1) is 6.04 Å². The lowest BCUT2D eigenvalue weighted by Gasteiger charge is -2.15. The van der Waals surface area contributed by atoms with Crippen LogP contribution in [0.4, 0.5) is 4.79 Å². The monoisotopic (exact) mass is 230 g/mol. The number of nitrogens with one attached hydrogen (secondary N) is 1. The normalized spacial score (nSPS) is 13.0. The standard InChI is InChI=1S/C14H18N2O/c1-2-3-4-8-11-13(16-14(15)17)12-9-6-5-7-10-12/h2-10,13H,11H2,1H3,(H3,15,16,17)/b3-2-,8-4-. The van der Waals surface area contributed by atoms with Crippen molar-refractivity contribution >= 4 is 6.03 Å². The van der Waals surface area contributed by atoms with E-state index in [0.29, 0.717) is 0 Å². The summed E-state index contributed by atoms with van der Waals surface area (Å²) in [6.07, 6.45) is 8.59. The van der Waals surface area contributed by atoms with E-state index in [2.05, 4.69) is 5.32 Å². The maximum Gasteiger partial charge on any atom is 0.312 e. The molecule has 1 aromatic carbocycles. The first-order valence-corrected chi connectivity index (χ1v) is 5.62. The number of urea groups is 1. The highest BCUT2D eigenvalue weighted by Crippen LogP contribution is 2.16. The number of primary amides is 1. The predicted molar refractivity (Wildman–Crippen MR) is 70.5 cm³/mol. The van der Waals surface area contributed by atoms with E-state index < -0.39 is 6.03 Å². The molecule has 90 valence electrons. The Morgan fingerprint density at radius 3 is 2.65 bits per heavy atom. The molecule has 3 heteroatoms. The first kappa shape index (κ1) is 13.0. The molecule has 0 heterocycles. The van der Waals surface area contributed by atoms with Crippen LogP contribution in [0.3, 0.4) is 0 Å². The van der Waals surface area contributed by atoms with Crippen LogP contribution < -0.4 is 11.1 Å². The highest BCUT2D eigenvalue weighted by molar-refractivity contribution is 5.72. The van der Waals surface area contributed by atoms with Crippen LogP contribution in [0.5, 0.6) is 0 Å². The molecular formula is C14H18N2O. The molecule has 0 bridgehead atoms. The van der Waals surface area contributed by atoms with Crippen LogP contribution in [0.25, 0.3) is 0 Å². The van der Waals surface area contributed by atoms with Crippen LogP contribution in [0.2, 0.25) is 0 Å². The fourth-order valence-corrected chi connectivity index (χ4v) is 1.54. The summed E-state index contributed by atoms with van der Waals surface area (Å²) in [5.41, 5.74) is 6.23. The molecule has 1 rings (SSSR count). The number of hydrogen-bond acceptors (Lipinski definition) is 1. The first-order valence-electron chi connectivity index (χ1n) is 5.62. The quantitative estimate of drug-likeness (QED) is 0.751. The average molecular weight is 230 g/mol. The zero-order chi connectivity index (χ0) is 12.5. The molecule has 0 aliphatic heterocycles. The SMILES string of the molecule is C/C=C\C=C/CC(NC(N)=O)c1ccccc1. The molecule has 17 heavy (non-hydrogen) atoms. The summed E-state index contributed by atoms with van der Waals surface area (Å²) in [7, 11) is 0. The number of carbonyl (C=O) groups excluding carboxylic acids is 1. The van der Waals surface area contributed by atoms with Crippen molar-refractivity contribution in [3.05, 3.63) is 60.2 Å². The summed E-state index contributed by atoms with van der Waals surface area (Å²) in [6, 6.07) is 9.21. The molecule has 3 nitrogen and oxygen atoms in total. The van der Waals surface area contributed by atoms with Gasteiger partial charge in [-0.3, -0.25) is 0 Å². The molecule has 0 aliphatic rings. The van der Waals surface area contributed by atoms with Crippen LogP contribution in [-0.2, 0) is 0 Å². The maximum absolute atomic E-state index is 10.9. The topological polar surface area (TPSA) is 55.1 Å². The van der Waals surface area contributed by atoms with Gasteiger partial charge >= 0.3 is 6.03 Å². The van der Waals surface area contributed by atoms with Crippen LogP contribution in [-0.4, -0.2) is 6.03 Å². The Morgan fingerprint density at radius 2 is 2.06 bits per heavy atom. The zero-order valence-electron chi connectivity index (χ0n) is 9.97. The Balaban J connectivity index is 2.70. The molecule has 2 amide bonds. The van der Waals surface area contributed by atoms with Gasteiger partial charge < -0.3 is 11.1 Å². The van der Waals surface area contributed by atoms with Crippen molar-refractivity contribution in [3.63, 3.8) is 0 Å². The van der Waals surface area contributed by atoms with Crippen molar-refractivity contribution in [2.24, 2.45) is 5.73 Å². The number of hydrogen-bond donors (Lipinski definition) is 2. The minimum Gasteiger partial charge on any atom is -0.352 e. The van der Waals surface area contributed by atoms with Gasteiger partial charge in [-0.1, -0.05) is 54.6 Å². The van der Waals surface area contributed by atoms with E-state index in [4.69, 9.17) is 5.73 Å². The van der Waals surface area contributed by atoms with Gasteiger partial charge in [0.1, 0.15) is 0 Å². The van der Waals surface area contributed by atoms with Crippen molar-refractivity contribution in [1.29, 1.82) is 0 Å². The highest BCUT2D eigenvalue weighted by atomic mass is 16.2. The first-order chi connectivity index (χ1) is 8.24. The molecule has 1 aromatic rings. The van der Waals surface area contributed by atoms with E-state index in [1.54, 1.807) is 0 Å². The van der Waals surface area contributed by atoms with Gasteiger partial charge in [0.15, 0.2) is 0 Å². The number of carbonyl (C=O) groups is 1. The van der Waals surface area contributed by atoms with Crippen LogP contribution in [0.1, 0.15) is 24.9 Å².